The molecule has 16 heavy (non-hydrogen) atoms. The van der Waals surface area contributed by atoms with Crippen molar-refractivity contribution in [2.45, 2.75) is 44.6 Å². The molecule has 3 heteroatoms. The summed E-state index contributed by atoms with van der Waals surface area (Å²) in [6.07, 6.45) is 6.66. The molecule has 0 aliphatic heterocycles. The zero-order valence-corrected chi connectivity index (χ0v) is 11.1. The van der Waals surface area contributed by atoms with Crippen molar-refractivity contribution in [2.24, 2.45) is 5.92 Å². The minimum Gasteiger partial charge on any atom is -0.394 e. The quantitative estimate of drug-likeness (QED) is 0.692. The topological polar surface area (TPSA) is 35.5 Å². The molecule has 1 unspecified atom stereocenters. The van der Waals surface area contributed by atoms with Crippen molar-refractivity contribution in [2.75, 3.05) is 33.8 Å². The number of aliphatic hydroxyl groups is 1. The second-order valence-corrected chi connectivity index (χ2v) is 5.63. The number of hydrogen-bond donors (Lipinski definition) is 2. The Morgan fingerprint density at radius 3 is 2.50 bits per heavy atom. The first-order valence-electron chi connectivity index (χ1n) is 6.58. The third-order valence-corrected chi connectivity index (χ3v) is 4.04. The molecule has 2 N–H and O–H groups in total. The summed E-state index contributed by atoms with van der Waals surface area (Å²) in [4.78, 5) is 2.42. The Bertz CT molecular complexity index is 186. The van der Waals surface area contributed by atoms with E-state index < -0.39 is 0 Å². The average molecular weight is 228 g/mol. The molecule has 1 atom stereocenters. The van der Waals surface area contributed by atoms with Gasteiger partial charge < -0.3 is 15.3 Å². The zero-order valence-electron chi connectivity index (χ0n) is 11.1. The molecule has 1 aliphatic carbocycles. The van der Waals surface area contributed by atoms with E-state index in [0.29, 0.717) is 0 Å². The molecule has 0 heterocycles. The molecular weight excluding hydrogens is 200 g/mol. The lowest BCUT2D eigenvalue weighted by Crippen LogP contribution is -2.46. The van der Waals surface area contributed by atoms with Crippen LogP contribution in [0.3, 0.4) is 0 Å². The Hall–Kier alpha value is -0.120. The van der Waals surface area contributed by atoms with Crippen LogP contribution in [0, 0.1) is 5.92 Å². The SMILES string of the molecule is CNC(C)(CO)CCN(C)CC1CCCC1. The molecule has 3 nitrogen and oxygen atoms in total. The fourth-order valence-electron chi connectivity index (χ4n) is 2.45. The predicted molar refractivity (Wildman–Crippen MR) is 68.6 cm³/mol. The van der Waals surface area contributed by atoms with Crippen molar-refractivity contribution in [3.05, 3.63) is 0 Å². The van der Waals surface area contributed by atoms with Gasteiger partial charge in [-0.05, 0) is 52.7 Å². The highest BCUT2D eigenvalue weighted by atomic mass is 16.3. The highest BCUT2D eigenvalue weighted by molar-refractivity contribution is 4.82. The lowest BCUT2D eigenvalue weighted by molar-refractivity contribution is 0.154. The van der Waals surface area contributed by atoms with Gasteiger partial charge in [0.1, 0.15) is 0 Å². The summed E-state index contributed by atoms with van der Waals surface area (Å²) in [5, 5.41) is 12.5. The van der Waals surface area contributed by atoms with Crippen LogP contribution in [-0.2, 0) is 0 Å². The van der Waals surface area contributed by atoms with E-state index in [1.54, 1.807) is 0 Å². The van der Waals surface area contributed by atoms with Gasteiger partial charge in [-0.25, -0.2) is 0 Å². The Kier molecular flexibility index (Phi) is 5.73. The highest BCUT2D eigenvalue weighted by Gasteiger charge is 2.22. The van der Waals surface area contributed by atoms with Crippen molar-refractivity contribution >= 4 is 0 Å². The number of likely N-dealkylation sites (N-methyl/N-ethyl adjacent to an activating group) is 1. The van der Waals surface area contributed by atoms with E-state index in [1.165, 1.54) is 32.2 Å². The summed E-state index contributed by atoms with van der Waals surface area (Å²) < 4.78 is 0. The summed E-state index contributed by atoms with van der Waals surface area (Å²) in [5.41, 5.74) is -0.121. The minimum absolute atomic E-state index is 0.121. The molecule has 0 radical (unpaired) electrons. The molecule has 0 aromatic carbocycles. The Morgan fingerprint density at radius 1 is 1.38 bits per heavy atom. The third kappa shape index (κ3) is 4.40. The van der Waals surface area contributed by atoms with Gasteiger partial charge in [0.25, 0.3) is 0 Å². The summed E-state index contributed by atoms with van der Waals surface area (Å²) >= 11 is 0. The number of hydrogen-bond acceptors (Lipinski definition) is 3. The van der Waals surface area contributed by atoms with E-state index in [1.807, 2.05) is 7.05 Å². The van der Waals surface area contributed by atoms with Gasteiger partial charge >= 0.3 is 0 Å². The van der Waals surface area contributed by atoms with Crippen LogP contribution in [-0.4, -0.2) is 49.3 Å². The molecule has 0 amide bonds. The molecule has 96 valence electrons. The first kappa shape index (κ1) is 13.9. The Labute approximate surface area is 100 Å². The van der Waals surface area contributed by atoms with Crippen LogP contribution in [0.25, 0.3) is 0 Å². The van der Waals surface area contributed by atoms with Crippen LogP contribution < -0.4 is 5.32 Å². The normalized spacial score (nSPS) is 21.6. The van der Waals surface area contributed by atoms with Crippen LogP contribution in [0.1, 0.15) is 39.0 Å². The molecule has 0 spiro atoms. The molecule has 0 bridgehead atoms. The first-order valence-corrected chi connectivity index (χ1v) is 6.58. The summed E-state index contributed by atoms with van der Waals surface area (Å²) in [6.45, 7) is 4.58. The van der Waals surface area contributed by atoms with Crippen LogP contribution in [0.15, 0.2) is 0 Å². The average Bonchev–Trinajstić information content (AvgIpc) is 2.79. The maximum atomic E-state index is 9.30. The lowest BCUT2D eigenvalue weighted by atomic mass is 9.99. The molecule has 1 fully saturated rings. The Morgan fingerprint density at radius 2 is 2.00 bits per heavy atom. The van der Waals surface area contributed by atoms with Crippen LogP contribution in [0.2, 0.25) is 0 Å². The summed E-state index contributed by atoms with van der Waals surface area (Å²) in [5.74, 6) is 0.917. The van der Waals surface area contributed by atoms with E-state index in [0.717, 1.165) is 18.9 Å². The molecule has 1 rings (SSSR count). The van der Waals surface area contributed by atoms with Crippen molar-refractivity contribution < 1.29 is 5.11 Å². The fourth-order valence-corrected chi connectivity index (χ4v) is 2.45. The molecule has 0 aromatic heterocycles. The number of aliphatic hydroxyl groups excluding tert-OH is 1. The van der Waals surface area contributed by atoms with Crippen molar-refractivity contribution in [1.82, 2.24) is 10.2 Å². The van der Waals surface area contributed by atoms with Crippen molar-refractivity contribution in [3.63, 3.8) is 0 Å². The molecule has 0 aromatic rings. The van der Waals surface area contributed by atoms with Crippen LogP contribution in [0.4, 0.5) is 0 Å². The van der Waals surface area contributed by atoms with Gasteiger partial charge in [-0.3, -0.25) is 0 Å². The van der Waals surface area contributed by atoms with Crippen molar-refractivity contribution in [3.8, 4) is 0 Å². The predicted octanol–water partition coefficient (Wildman–Crippen LogP) is 1.47. The van der Waals surface area contributed by atoms with Gasteiger partial charge in [0.2, 0.25) is 0 Å². The van der Waals surface area contributed by atoms with Crippen LogP contribution in [0.5, 0.6) is 0 Å². The largest absolute Gasteiger partial charge is 0.394 e. The van der Waals surface area contributed by atoms with E-state index in [-0.39, 0.29) is 12.1 Å². The summed E-state index contributed by atoms with van der Waals surface area (Å²) in [7, 11) is 4.12. The Balaban J connectivity index is 2.20. The lowest BCUT2D eigenvalue weighted by Gasteiger charge is -2.30. The maximum absolute atomic E-state index is 9.30. The number of nitrogens with zero attached hydrogens (tertiary/aromatic N) is 1. The smallest absolute Gasteiger partial charge is 0.0610 e. The van der Waals surface area contributed by atoms with Crippen LogP contribution >= 0.6 is 0 Å². The minimum atomic E-state index is -0.121. The first-order chi connectivity index (χ1) is 7.59. The van der Waals surface area contributed by atoms with Gasteiger partial charge in [0.05, 0.1) is 6.61 Å². The second-order valence-electron chi connectivity index (χ2n) is 5.63. The van der Waals surface area contributed by atoms with Gasteiger partial charge in [-0.2, -0.15) is 0 Å². The second kappa shape index (κ2) is 6.58. The fraction of sp³-hybridized carbons (Fsp3) is 1.00. The standard InChI is InChI=1S/C13H28N2O/c1-13(11-16,14-2)8-9-15(3)10-12-6-4-5-7-12/h12,14,16H,4-11H2,1-3H3. The summed E-state index contributed by atoms with van der Waals surface area (Å²) in [6, 6.07) is 0. The van der Waals surface area contributed by atoms with Gasteiger partial charge in [0, 0.05) is 12.1 Å². The number of nitrogens with one attached hydrogen (secondary N) is 1. The van der Waals surface area contributed by atoms with Gasteiger partial charge in [-0.1, -0.05) is 12.8 Å². The maximum Gasteiger partial charge on any atom is 0.0610 e. The molecule has 0 saturated heterocycles. The molecule has 1 saturated carbocycles. The van der Waals surface area contributed by atoms with Gasteiger partial charge in [-0.15, -0.1) is 0 Å². The monoisotopic (exact) mass is 228 g/mol. The zero-order chi connectivity index (χ0) is 12.0. The molecule has 1 aliphatic rings. The van der Waals surface area contributed by atoms with E-state index in [2.05, 4.69) is 24.2 Å². The van der Waals surface area contributed by atoms with Gasteiger partial charge in [0.15, 0.2) is 0 Å². The molecular formula is C13H28N2O. The van der Waals surface area contributed by atoms with E-state index in [4.69, 9.17) is 0 Å². The number of rotatable bonds is 7. The van der Waals surface area contributed by atoms with E-state index >= 15 is 0 Å². The highest BCUT2D eigenvalue weighted by Crippen LogP contribution is 2.25. The van der Waals surface area contributed by atoms with E-state index in [9.17, 15) is 5.11 Å². The third-order valence-electron chi connectivity index (χ3n) is 4.04. The van der Waals surface area contributed by atoms with Crippen molar-refractivity contribution in [1.29, 1.82) is 0 Å².